The Balaban J connectivity index is 3.05. The number of aryl methyl sites for hydroxylation is 1. The van der Waals surface area contributed by atoms with E-state index in [2.05, 4.69) is 26.9 Å². The average Bonchev–Trinajstić information content (AvgIpc) is 2.28. The Morgan fingerprint density at radius 2 is 2.45 bits per heavy atom. The normalized spacial score (nSPS) is 12.5. The Hall–Kier alpha value is -0.750. The molecule has 1 rings (SSSR count). The van der Waals surface area contributed by atoms with Crippen LogP contribution in [0, 0.1) is 12.3 Å². The van der Waals surface area contributed by atoms with Gasteiger partial charge in [0.1, 0.15) is 4.60 Å². The maximum atomic E-state index is 5.28. The van der Waals surface area contributed by atoms with Crippen molar-refractivity contribution in [1.82, 2.24) is 9.78 Å². The number of aromatic nitrogens is 2. The first-order valence-corrected chi connectivity index (χ1v) is 4.10. The van der Waals surface area contributed by atoms with E-state index in [-0.39, 0.29) is 5.92 Å². The summed E-state index contributed by atoms with van der Waals surface area (Å²) in [5.74, 6) is 2.78. The second kappa shape index (κ2) is 3.10. The van der Waals surface area contributed by atoms with Gasteiger partial charge in [0.2, 0.25) is 0 Å². The summed E-state index contributed by atoms with van der Waals surface area (Å²) in [6.07, 6.45) is 5.28. The highest BCUT2D eigenvalue weighted by Crippen LogP contribution is 2.17. The van der Waals surface area contributed by atoms with E-state index in [4.69, 9.17) is 6.42 Å². The Labute approximate surface area is 74.7 Å². The molecule has 0 N–H and O–H groups in total. The van der Waals surface area contributed by atoms with Gasteiger partial charge in [-0.25, -0.2) is 0 Å². The summed E-state index contributed by atoms with van der Waals surface area (Å²) < 4.78 is 2.62. The quantitative estimate of drug-likeness (QED) is 0.651. The second-order valence-corrected chi connectivity index (χ2v) is 3.22. The van der Waals surface area contributed by atoms with Crippen molar-refractivity contribution >= 4 is 15.9 Å². The minimum atomic E-state index is 0.124. The number of hydrogen-bond donors (Lipinski definition) is 0. The zero-order valence-corrected chi connectivity index (χ0v) is 8.09. The molecule has 1 unspecified atom stereocenters. The zero-order valence-electron chi connectivity index (χ0n) is 6.50. The molecule has 1 aromatic heterocycles. The molecule has 0 saturated heterocycles. The third-order valence-electron chi connectivity index (χ3n) is 1.58. The molecule has 0 aliphatic carbocycles. The summed E-state index contributed by atoms with van der Waals surface area (Å²) in [5.41, 5.74) is 1.05. The molecule has 0 amide bonds. The van der Waals surface area contributed by atoms with Crippen LogP contribution in [0.1, 0.15) is 18.5 Å². The molecule has 0 fully saturated rings. The van der Waals surface area contributed by atoms with Crippen molar-refractivity contribution in [2.75, 3.05) is 0 Å². The molecule has 1 atom stereocenters. The minimum absolute atomic E-state index is 0.124. The second-order valence-electron chi connectivity index (χ2n) is 2.40. The topological polar surface area (TPSA) is 17.8 Å². The molecule has 11 heavy (non-hydrogen) atoms. The highest BCUT2D eigenvalue weighted by atomic mass is 79.9. The van der Waals surface area contributed by atoms with Crippen molar-refractivity contribution < 1.29 is 0 Å². The number of halogens is 1. The molecule has 0 radical (unpaired) electrons. The van der Waals surface area contributed by atoms with Gasteiger partial charge in [-0.05, 0) is 28.9 Å². The zero-order chi connectivity index (χ0) is 8.43. The van der Waals surface area contributed by atoms with E-state index in [1.165, 1.54) is 0 Å². The molecule has 1 aromatic rings. The fourth-order valence-electron chi connectivity index (χ4n) is 0.936. The van der Waals surface area contributed by atoms with Gasteiger partial charge in [-0.15, -0.1) is 6.42 Å². The van der Waals surface area contributed by atoms with Crippen molar-refractivity contribution in [3.8, 4) is 12.3 Å². The van der Waals surface area contributed by atoms with E-state index in [9.17, 15) is 0 Å². The predicted molar refractivity (Wildman–Crippen MR) is 48.2 cm³/mol. The van der Waals surface area contributed by atoms with Gasteiger partial charge >= 0.3 is 0 Å². The lowest BCUT2D eigenvalue weighted by Crippen LogP contribution is -2.00. The van der Waals surface area contributed by atoms with Gasteiger partial charge in [0.05, 0.1) is 11.6 Å². The Morgan fingerprint density at radius 1 is 1.82 bits per heavy atom. The number of hydrogen-bond acceptors (Lipinski definition) is 1. The highest BCUT2D eigenvalue weighted by Gasteiger charge is 2.07. The summed E-state index contributed by atoms with van der Waals surface area (Å²) in [6, 6.07) is 1.94. The van der Waals surface area contributed by atoms with Crippen molar-refractivity contribution in [2.45, 2.75) is 12.8 Å². The summed E-state index contributed by atoms with van der Waals surface area (Å²) in [4.78, 5) is 0. The van der Waals surface area contributed by atoms with E-state index in [1.54, 1.807) is 4.68 Å². The molecule has 3 heteroatoms. The van der Waals surface area contributed by atoms with Crippen LogP contribution in [0.4, 0.5) is 0 Å². The van der Waals surface area contributed by atoms with Crippen LogP contribution in [0.5, 0.6) is 0 Å². The van der Waals surface area contributed by atoms with Gasteiger partial charge < -0.3 is 0 Å². The van der Waals surface area contributed by atoms with Crippen LogP contribution in [0.3, 0.4) is 0 Å². The van der Waals surface area contributed by atoms with Crippen LogP contribution < -0.4 is 0 Å². The number of rotatable bonds is 1. The van der Waals surface area contributed by atoms with Gasteiger partial charge in [-0.2, -0.15) is 5.10 Å². The monoisotopic (exact) mass is 212 g/mol. The number of terminal acetylenes is 1. The predicted octanol–water partition coefficient (Wildman–Crippen LogP) is 1.92. The van der Waals surface area contributed by atoms with Crippen molar-refractivity contribution in [3.05, 3.63) is 16.4 Å². The van der Waals surface area contributed by atoms with Gasteiger partial charge in [-0.1, -0.05) is 5.92 Å². The Kier molecular flexibility index (Phi) is 2.35. The van der Waals surface area contributed by atoms with E-state index in [0.717, 1.165) is 10.3 Å². The SMILES string of the molecule is C#CC(C)c1cc(Br)nn1C. The lowest BCUT2D eigenvalue weighted by Gasteiger charge is -2.02. The molecule has 58 valence electrons. The van der Waals surface area contributed by atoms with E-state index < -0.39 is 0 Å². The van der Waals surface area contributed by atoms with E-state index >= 15 is 0 Å². The lowest BCUT2D eigenvalue weighted by molar-refractivity contribution is 0.695. The first-order chi connectivity index (χ1) is 5.15. The minimum Gasteiger partial charge on any atom is -0.270 e. The summed E-state index contributed by atoms with van der Waals surface area (Å²) in [5, 5.41) is 4.12. The van der Waals surface area contributed by atoms with Crippen LogP contribution in [-0.2, 0) is 7.05 Å². The van der Waals surface area contributed by atoms with Gasteiger partial charge in [0.15, 0.2) is 0 Å². The Morgan fingerprint density at radius 3 is 2.82 bits per heavy atom. The van der Waals surface area contributed by atoms with Crippen molar-refractivity contribution in [1.29, 1.82) is 0 Å². The highest BCUT2D eigenvalue weighted by molar-refractivity contribution is 9.10. The molecule has 0 bridgehead atoms. The molecular formula is C8H9BrN2. The van der Waals surface area contributed by atoms with Crippen LogP contribution in [0.2, 0.25) is 0 Å². The average molecular weight is 213 g/mol. The first kappa shape index (κ1) is 8.35. The van der Waals surface area contributed by atoms with Crippen LogP contribution in [0.25, 0.3) is 0 Å². The molecule has 2 nitrogen and oxygen atoms in total. The molecule has 0 aliphatic rings. The Bertz CT molecular complexity index is 296. The van der Waals surface area contributed by atoms with Gasteiger partial charge in [-0.3, -0.25) is 4.68 Å². The fourth-order valence-corrected chi connectivity index (χ4v) is 1.41. The summed E-state index contributed by atoms with van der Waals surface area (Å²) >= 11 is 3.28. The van der Waals surface area contributed by atoms with Crippen molar-refractivity contribution in [2.24, 2.45) is 7.05 Å². The first-order valence-electron chi connectivity index (χ1n) is 3.30. The summed E-state index contributed by atoms with van der Waals surface area (Å²) in [6.45, 7) is 1.98. The molecule has 0 saturated carbocycles. The summed E-state index contributed by atoms with van der Waals surface area (Å²) in [7, 11) is 1.88. The largest absolute Gasteiger partial charge is 0.270 e. The standard InChI is InChI=1S/C8H9BrN2/c1-4-6(2)7-5-8(9)10-11(7)3/h1,5-6H,2-3H3. The van der Waals surface area contributed by atoms with Crippen LogP contribution in [-0.4, -0.2) is 9.78 Å². The maximum absolute atomic E-state index is 5.28. The van der Waals surface area contributed by atoms with Gasteiger partial charge in [0, 0.05) is 7.05 Å². The van der Waals surface area contributed by atoms with E-state index in [0.29, 0.717) is 0 Å². The molecule has 0 aliphatic heterocycles. The third kappa shape index (κ3) is 1.63. The lowest BCUT2D eigenvalue weighted by atomic mass is 10.1. The van der Waals surface area contributed by atoms with Crippen LogP contribution in [0.15, 0.2) is 10.7 Å². The van der Waals surface area contributed by atoms with E-state index in [1.807, 2.05) is 20.0 Å². The molecular weight excluding hydrogens is 204 g/mol. The molecule has 0 aromatic carbocycles. The molecule has 1 heterocycles. The van der Waals surface area contributed by atoms with Crippen molar-refractivity contribution in [3.63, 3.8) is 0 Å². The number of nitrogens with zero attached hydrogens (tertiary/aromatic N) is 2. The third-order valence-corrected chi connectivity index (χ3v) is 1.97. The molecule has 0 spiro atoms. The maximum Gasteiger partial charge on any atom is 0.128 e. The van der Waals surface area contributed by atoms with Crippen LogP contribution >= 0.6 is 15.9 Å². The fraction of sp³-hybridized carbons (Fsp3) is 0.375. The van der Waals surface area contributed by atoms with Gasteiger partial charge in [0.25, 0.3) is 0 Å². The smallest absolute Gasteiger partial charge is 0.128 e.